The molecule has 0 spiro atoms. The van der Waals surface area contributed by atoms with E-state index in [0.717, 1.165) is 5.76 Å². The highest BCUT2D eigenvalue weighted by Crippen LogP contribution is 1.99. The lowest BCUT2D eigenvalue weighted by Crippen LogP contribution is -2.27. The maximum atomic E-state index is 11.4. The van der Waals surface area contributed by atoms with Crippen molar-refractivity contribution in [3.8, 4) is 6.07 Å². The van der Waals surface area contributed by atoms with E-state index in [1.54, 1.807) is 24.5 Å². The number of nitriles is 1. The first-order chi connectivity index (χ1) is 8.27. The molecule has 1 aromatic heterocycles. The van der Waals surface area contributed by atoms with Crippen LogP contribution in [0.15, 0.2) is 34.6 Å². The molecule has 0 saturated carbocycles. The number of hydrogen-bond acceptors (Lipinski definition) is 4. The fourth-order valence-corrected chi connectivity index (χ4v) is 1.17. The maximum Gasteiger partial charge on any atom is 0.263 e. The highest BCUT2D eigenvalue weighted by molar-refractivity contribution is 6.18. The summed E-state index contributed by atoms with van der Waals surface area (Å²) in [5.41, 5.74) is 0.00155. The summed E-state index contributed by atoms with van der Waals surface area (Å²) in [5.74, 6) is 0.587. The third kappa shape index (κ3) is 4.62. The zero-order valence-corrected chi connectivity index (χ0v) is 9.83. The molecular formula is C11H12ClN3O2. The maximum absolute atomic E-state index is 11.4. The summed E-state index contributed by atoms with van der Waals surface area (Å²) in [5, 5.41) is 14.1. The number of carbonyl (C=O) groups excluding carboxylic acids is 1. The predicted octanol–water partition coefficient (Wildman–Crippen LogP) is 1.13. The van der Waals surface area contributed by atoms with Crippen LogP contribution in [0.3, 0.4) is 0 Å². The molecule has 1 heterocycles. The standard InChI is InChI=1S/C11H12ClN3O2/c12-3-4-15-11(16)9(6-13)7-14-8-10-2-1-5-17-10/h1-2,5,7,14H,3-4,8H2,(H,15,16)/b9-7-. The smallest absolute Gasteiger partial charge is 0.263 e. The Hall–Kier alpha value is -1.93. The molecule has 5 nitrogen and oxygen atoms in total. The summed E-state index contributed by atoms with van der Waals surface area (Å²) < 4.78 is 5.08. The zero-order chi connectivity index (χ0) is 12.5. The number of hydrogen-bond donors (Lipinski definition) is 2. The van der Waals surface area contributed by atoms with Gasteiger partial charge in [-0.15, -0.1) is 11.6 Å². The Morgan fingerprint density at radius 1 is 1.65 bits per heavy atom. The van der Waals surface area contributed by atoms with Crippen molar-refractivity contribution < 1.29 is 9.21 Å². The first kappa shape index (κ1) is 13.1. The van der Waals surface area contributed by atoms with Crippen molar-refractivity contribution in [2.75, 3.05) is 12.4 Å². The third-order valence-corrected chi connectivity index (χ3v) is 2.04. The molecule has 17 heavy (non-hydrogen) atoms. The number of rotatable bonds is 6. The Labute approximate surface area is 104 Å². The molecule has 1 aromatic rings. The molecule has 0 radical (unpaired) electrons. The molecule has 0 aliphatic heterocycles. The Kier molecular flexibility index (Phi) is 5.69. The Morgan fingerprint density at radius 2 is 2.47 bits per heavy atom. The Balaban J connectivity index is 2.44. The Bertz CT molecular complexity index is 420. The molecule has 0 saturated heterocycles. The van der Waals surface area contributed by atoms with Crippen LogP contribution >= 0.6 is 11.6 Å². The SMILES string of the molecule is N#C/C(=C/NCc1ccco1)C(=O)NCCCl. The van der Waals surface area contributed by atoms with E-state index in [2.05, 4.69) is 10.6 Å². The van der Waals surface area contributed by atoms with Crippen LogP contribution in [0.2, 0.25) is 0 Å². The largest absolute Gasteiger partial charge is 0.467 e. The van der Waals surface area contributed by atoms with Gasteiger partial charge >= 0.3 is 0 Å². The van der Waals surface area contributed by atoms with Gasteiger partial charge in [0, 0.05) is 18.6 Å². The van der Waals surface area contributed by atoms with E-state index in [9.17, 15) is 4.79 Å². The number of alkyl halides is 1. The van der Waals surface area contributed by atoms with Crippen LogP contribution in [-0.4, -0.2) is 18.3 Å². The molecule has 0 aromatic carbocycles. The van der Waals surface area contributed by atoms with Crippen LogP contribution < -0.4 is 10.6 Å². The molecule has 2 N–H and O–H groups in total. The molecule has 0 aliphatic rings. The second-order valence-electron chi connectivity index (χ2n) is 3.07. The first-order valence-electron chi connectivity index (χ1n) is 4.98. The van der Waals surface area contributed by atoms with Gasteiger partial charge in [-0.3, -0.25) is 4.79 Å². The molecular weight excluding hydrogens is 242 g/mol. The summed E-state index contributed by atoms with van der Waals surface area (Å²) >= 11 is 5.42. The predicted molar refractivity (Wildman–Crippen MR) is 63.0 cm³/mol. The molecule has 0 unspecified atom stereocenters. The van der Waals surface area contributed by atoms with Crippen molar-refractivity contribution in [3.05, 3.63) is 35.9 Å². The van der Waals surface area contributed by atoms with Crippen LogP contribution in [0, 0.1) is 11.3 Å². The van der Waals surface area contributed by atoms with Gasteiger partial charge < -0.3 is 15.1 Å². The molecule has 1 rings (SSSR count). The fourth-order valence-electron chi connectivity index (χ4n) is 1.07. The lowest BCUT2D eigenvalue weighted by molar-refractivity contribution is -0.117. The van der Waals surface area contributed by atoms with Gasteiger partial charge in [-0.2, -0.15) is 5.26 Å². The highest BCUT2D eigenvalue weighted by Gasteiger charge is 2.07. The molecule has 0 atom stereocenters. The van der Waals surface area contributed by atoms with E-state index < -0.39 is 5.91 Å². The lowest BCUT2D eigenvalue weighted by atomic mass is 10.3. The first-order valence-corrected chi connectivity index (χ1v) is 5.51. The van der Waals surface area contributed by atoms with Gasteiger partial charge in [0.05, 0.1) is 12.8 Å². The van der Waals surface area contributed by atoms with Gasteiger partial charge in [0.25, 0.3) is 5.91 Å². The van der Waals surface area contributed by atoms with E-state index in [4.69, 9.17) is 21.3 Å². The van der Waals surface area contributed by atoms with Crippen molar-refractivity contribution in [3.63, 3.8) is 0 Å². The highest BCUT2D eigenvalue weighted by atomic mass is 35.5. The van der Waals surface area contributed by atoms with Crippen LogP contribution in [0.4, 0.5) is 0 Å². The monoisotopic (exact) mass is 253 g/mol. The van der Waals surface area contributed by atoms with Crippen molar-refractivity contribution in [2.45, 2.75) is 6.54 Å². The number of amides is 1. The topological polar surface area (TPSA) is 78.1 Å². The van der Waals surface area contributed by atoms with Gasteiger partial charge in [0.1, 0.15) is 17.4 Å². The second kappa shape index (κ2) is 7.36. The van der Waals surface area contributed by atoms with Crippen molar-refractivity contribution in [2.24, 2.45) is 0 Å². The normalized spacial score (nSPS) is 10.7. The second-order valence-corrected chi connectivity index (χ2v) is 3.45. The molecule has 0 fully saturated rings. The van der Waals surface area contributed by atoms with Gasteiger partial charge in [0.2, 0.25) is 0 Å². The molecule has 0 aliphatic carbocycles. The van der Waals surface area contributed by atoms with Gasteiger partial charge in [-0.1, -0.05) is 0 Å². The van der Waals surface area contributed by atoms with Crippen molar-refractivity contribution in [1.29, 1.82) is 5.26 Å². The number of furan rings is 1. The minimum atomic E-state index is -0.444. The van der Waals surface area contributed by atoms with Crippen LogP contribution in [-0.2, 0) is 11.3 Å². The van der Waals surface area contributed by atoms with Crippen molar-refractivity contribution >= 4 is 17.5 Å². The minimum absolute atomic E-state index is 0.00155. The van der Waals surface area contributed by atoms with Gasteiger partial charge in [-0.05, 0) is 12.1 Å². The molecule has 6 heteroatoms. The molecule has 0 bridgehead atoms. The van der Waals surface area contributed by atoms with Gasteiger partial charge in [-0.25, -0.2) is 0 Å². The number of nitrogens with one attached hydrogen (secondary N) is 2. The number of carbonyl (C=O) groups is 1. The average molecular weight is 254 g/mol. The number of halogens is 1. The zero-order valence-electron chi connectivity index (χ0n) is 9.07. The van der Waals surface area contributed by atoms with Crippen LogP contribution in [0.1, 0.15) is 5.76 Å². The Morgan fingerprint density at radius 3 is 3.06 bits per heavy atom. The molecule has 90 valence electrons. The minimum Gasteiger partial charge on any atom is -0.467 e. The van der Waals surface area contributed by atoms with E-state index in [1.807, 2.05) is 0 Å². The summed E-state index contributed by atoms with van der Waals surface area (Å²) in [6, 6.07) is 5.36. The summed E-state index contributed by atoms with van der Waals surface area (Å²) in [7, 11) is 0. The number of nitrogens with zero attached hydrogens (tertiary/aromatic N) is 1. The van der Waals surface area contributed by atoms with Gasteiger partial charge in [0.15, 0.2) is 0 Å². The van der Waals surface area contributed by atoms with E-state index >= 15 is 0 Å². The van der Waals surface area contributed by atoms with Crippen LogP contribution in [0.5, 0.6) is 0 Å². The fraction of sp³-hybridized carbons (Fsp3) is 0.273. The quantitative estimate of drug-likeness (QED) is 0.453. The lowest BCUT2D eigenvalue weighted by Gasteiger charge is -2.02. The van der Waals surface area contributed by atoms with Crippen molar-refractivity contribution in [1.82, 2.24) is 10.6 Å². The summed E-state index contributed by atoms with van der Waals surface area (Å²) in [6.45, 7) is 0.749. The van der Waals surface area contributed by atoms with E-state index in [-0.39, 0.29) is 5.57 Å². The third-order valence-electron chi connectivity index (χ3n) is 1.85. The molecule has 1 amide bonds. The summed E-state index contributed by atoms with van der Waals surface area (Å²) in [4.78, 5) is 11.4. The van der Waals surface area contributed by atoms with Crippen LogP contribution in [0.25, 0.3) is 0 Å². The summed E-state index contributed by atoms with van der Waals surface area (Å²) in [6.07, 6.45) is 2.91. The average Bonchev–Trinajstić information content (AvgIpc) is 2.84. The van der Waals surface area contributed by atoms with E-state index in [0.29, 0.717) is 19.0 Å². The van der Waals surface area contributed by atoms with E-state index in [1.165, 1.54) is 6.20 Å².